The van der Waals surface area contributed by atoms with Gasteiger partial charge in [0, 0.05) is 25.2 Å². The maximum Gasteiger partial charge on any atom is 0.337 e. The summed E-state index contributed by atoms with van der Waals surface area (Å²) in [5.41, 5.74) is 0.0978. The van der Waals surface area contributed by atoms with E-state index in [1.54, 1.807) is 0 Å². The van der Waals surface area contributed by atoms with Gasteiger partial charge in [0.05, 0.1) is 17.7 Å². The van der Waals surface area contributed by atoms with Gasteiger partial charge in [-0.2, -0.15) is 4.31 Å². The molecule has 0 saturated carbocycles. The molecule has 144 valence electrons. The van der Waals surface area contributed by atoms with Gasteiger partial charge in [0.2, 0.25) is 10.0 Å². The number of amides is 2. The molecule has 2 N–H and O–H groups in total. The summed E-state index contributed by atoms with van der Waals surface area (Å²) in [4.78, 5) is 23.3. The highest BCUT2D eigenvalue weighted by atomic mass is 35.5. The summed E-state index contributed by atoms with van der Waals surface area (Å²) < 4.78 is 31.6. The SMILES string of the molecule is COC(=O)c1ccc(Cl)c(S(=O)(=O)N2CCC(NC(=O)NC(C)C)C2)c1. The summed E-state index contributed by atoms with van der Waals surface area (Å²) in [6.45, 7) is 4.04. The summed E-state index contributed by atoms with van der Waals surface area (Å²) in [5, 5.41) is 5.47. The van der Waals surface area contributed by atoms with E-state index in [0.717, 1.165) is 0 Å². The number of carbonyl (C=O) groups is 2. The van der Waals surface area contributed by atoms with Gasteiger partial charge in [0.1, 0.15) is 4.90 Å². The first kappa shape index (κ1) is 20.5. The minimum absolute atomic E-state index is 0.0175. The number of sulfonamides is 1. The molecule has 1 aliphatic rings. The maximum absolute atomic E-state index is 12.9. The number of urea groups is 1. The van der Waals surface area contributed by atoms with Crippen LogP contribution in [0, 0.1) is 0 Å². The quantitative estimate of drug-likeness (QED) is 0.726. The first-order valence-corrected chi connectivity index (χ1v) is 9.92. The third-order valence-electron chi connectivity index (χ3n) is 3.88. The number of methoxy groups -OCH3 is 1. The number of nitrogens with zero attached hydrogens (tertiary/aromatic N) is 1. The van der Waals surface area contributed by atoms with Gasteiger partial charge in [0.15, 0.2) is 0 Å². The van der Waals surface area contributed by atoms with E-state index in [-0.39, 0.29) is 46.7 Å². The first-order valence-electron chi connectivity index (χ1n) is 8.10. The van der Waals surface area contributed by atoms with Crippen molar-refractivity contribution in [2.75, 3.05) is 20.2 Å². The summed E-state index contributed by atoms with van der Waals surface area (Å²) >= 11 is 6.05. The number of halogens is 1. The van der Waals surface area contributed by atoms with Gasteiger partial charge < -0.3 is 15.4 Å². The molecule has 10 heteroatoms. The highest BCUT2D eigenvalue weighted by molar-refractivity contribution is 7.89. The third kappa shape index (κ3) is 4.66. The standard InChI is InChI=1S/C16H22ClN3O5S/c1-10(2)18-16(22)19-12-6-7-20(9-12)26(23,24)14-8-11(15(21)25-3)4-5-13(14)17/h4-5,8,10,12H,6-7,9H2,1-3H3,(H2,18,19,22). The predicted molar refractivity (Wildman–Crippen MR) is 96.8 cm³/mol. The second-order valence-electron chi connectivity index (χ2n) is 6.26. The Hall–Kier alpha value is -1.84. The maximum atomic E-state index is 12.9. The zero-order valence-electron chi connectivity index (χ0n) is 14.8. The lowest BCUT2D eigenvalue weighted by Gasteiger charge is -2.19. The second-order valence-corrected chi connectivity index (χ2v) is 8.57. The van der Waals surface area contributed by atoms with E-state index < -0.39 is 16.0 Å². The van der Waals surface area contributed by atoms with Crippen molar-refractivity contribution < 1.29 is 22.7 Å². The number of ether oxygens (including phenoxy) is 1. The Bertz CT molecular complexity index is 797. The highest BCUT2D eigenvalue weighted by Gasteiger charge is 2.34. The Morgan fingerprint density at radius 1 is 1.35 bits per heavy atom. The molecule has 0 radical (unpaired) electrons. The molecule has 0 bridgehead atoms. The monoisotopic (exact) mass is 403 g/mol. The number of rotatable bonds is 5. The van der Waals surface area contributed by atoms with E-state index in [1.807, 2.05) is 13.8 Å². The Labute approximate surface area is 157 Å². The Balaban J connectivity index is 2.16. The van der Waals surface area contributed by atoms with Gasteiger partial charge in [0.25, 0.3) is 0 Å². The van der Waals surface area contributed by atoms with Crippen molar-refractivity contribution in [3.05, 3.63) is 28.8 Å². The fourth-order valence-electron chi connectivity index (χ4n) is 2.64. The summed E-state index contributed by atoms with van der Waals surface area (Å²) in [7, 11) is -2.69. The van der Waals surface area contributed by atoms with Gasteiger partial charge in [-0.15, -0.1) is 0 Å². The molecule has 1 saturated heterocycles. The van der Waals surface area contributed by atoms with Crippen molar-refractivity contribution >= 4 is 33.6 Å². The van der Waals surface area contributed by atoms with Crippen LogP contribution in [-0.4, -0.2) is 57.0 Å². The van der Waals surface area contributed by atoms with Crippen molar-refractivity contribution in [3.63, 3.8) is 0 Å². The fraction of sp³-hybridized carbons (Fsp3) is 0.500. The molecule has 1 aliphatic heterocycles. The van der Waals surface area contributed by atoms with Crippen LogP contribution in [0.15, 0.2) is 23.1 Å². The van der Waals surface area contributed by atoms with Crippen molar-refractivity contribution in [2.45, 2.75) is 37.2 Å². The van der Waals surface area contributed by atoms with Crippen LogP contribution in [0.1, 0.15) is 30.6 Å². The molecule has 1 fully saturated rings. The van der Waals surface area contributed by atoms with Crippen LogP contribution in [0.5, 0.6) is 0 Å². The molecular weight excluding hydrogens is 382 g/mol. The van der Waals surface area contributed by atoms with Crippen molar-refractivity contribution in [2.24, 2.45) is 0 Å². The van der Waals surface area contributed by atoms with Gasteiger partial charge in [-0.3, -0.25) is 0 Å². The van der Waals surface area contributed by atoms with Crippen LogP contribution < -0.4 is 10.6 Å². The predicted octanol–water partition coefficient (Wildman–Crippen LogP) is 1.60. The molecule has 1 aromatic rings. The smallest absolute Gasteiger partial charge is 0.337 e. The molecular formula is C16H22ClN3O5S. The number of nitrogens with one attached hydrogen (secondary N) is 2. The van der Waals surface area contributed by atoms with Crippen LogP contribution in [-0.2, 0) is 14.8 Å². The summed E-state index contributed by atoms with van der Waals surface area (Å²) in [6.07, 6.45) is 0.485. The Morgan fingerprint density at radius 3 is 2.65 bits per heavy atom. The van der Waals surface area contributed by atoms with Crippen molar-refractivity contribution in [3.8, 4) is 0 Å². The lowest BCUT2D eigenvalue weighted by molar-refractivity contribution is 0.0600. The van der Waals surface area contributed by atoms with Crippen LogP contribution in [0.2, 0.25) is 5.02 Å². The van der Waals surface area contributed by atoms with E-state index in [0.29, 0.717) is 6.42 Å². The molecule has 0 spiro atoms. The number of esters is 1. The zero-order valence-corrected chi connectivity index (χ0v) is 16.4. The lowest BCUT2D eigenvalue weighted by Crippen LogP contribution is -2.45. The highest BCUT2D eigenvalue weighted by Crippen LogP contribution is 2.28. The van der Waals surface area contributed by atoms with Crippen LogP contribution in [0.3, 0.4) is 0 Å². The largest absolute Gasteiger partial charge is 0.465 e. The minimum Gasteiger partial charge on any atom is -0.465 e. The van der Waals surface area contributed by atoms with E-state index in [4.69, 9.17) is 11.6 Å². The van der Waals surface area contributed by atoms with Gasteiger partial charge in [-0.05, 0) is 38.5 Å². The van der Waals surface area contributed by atoms with Crippen LogP contribution in [0.25, 0.3) is 0 Å². The first-order chi connectivity index (χ1) is 12.1. The van der Waals surface area contributed by atoms with Crippen molar-refractivity contribution in [1.82, 2.24) is 14.9 Å². The van der Waals surface area contributed by atoms with E-state index in [1.165, 1.54) is 29.6 Å². The Kier molecular flexibility index (Phi) is 6.48. The van der Waals surface area contributed by atoms with Gasteiger partial charge in [-0.25, -0.2) is 18.0 Å². The molecule has 1 unspecified atom stereocenters. The summed E-state index contributed by atoms with van der Waals surface area (Å²) in [5.74, 6) is -0.649. The molecule has 8 nitrogen and oxygen atoms in total. The van der Waals surface area contributed by atoms with Gasteiger partial charge >= 0.3 is 12.0 Å². The van der Waals surface area contributed by atoms with E-state index in [2.05, 4.69) is 15.4 Å². The molecule has 1 atom stereocenters. The summed E-state index contributed by atoms with van der Waals surface area (Å²) in [6, 6.07) is 3.30. The minimum atomic E-state index is -3.90. The lowest BCUT2D eigenvalue weighted by atomic mass is 10.2. The third-order valence-corrected chi connectivity index (χ3v) is 6.22. The Morgan fingerprint density at radius 2 is 2.04 bits per heavy atom. The topological polar surface area (TPSA) is 105 Å². The van der Waals surface area contributed by atoms with Crippen LogP contribution in [0.4, 0.5) is 4.79 Å². The fourth-order valence-corrected chi connectivity index (χ4v) is 4.64. The van der Waals surface area contributed by atoms with Crippen LogP contribution >= 0.6 is 11.6 Å². The molecule has 0 aromatic heterocycles. The average Bonchev–Trinajstić information content (AvgIpc) is 3.02. The molecule has 2 amide bonds. The number of hydrogen-bond donors (Lipinski definition) is 2. The molecule has 1 heterocycles. The second kappa shape index (κ2) is 8.24. The molecule has 0 aliphatic carbocycles. The average molecular weight is 404 g/mol. The molecule has 26 heavy (non-hydrogen) atoms. The zero-order chi connectivity index (χ0) is 19.5. The molecule has 2 rings (SSSR count). The normalized spacial score (nSPS) is 18.0. The van der Waals surface area contributed by atoms with Gasteiger partial charge in [-0.1, -0.05) is 11.6 Å². The number of carbonyl (C=O) groups excluding carboxylic acids is 2. The van der Waals surface area contributed by atoms with E-state index in [9.17, 15) is 18.0 Å². The molecule has 1 aromatic carbocycles. The number of benzene rings is 1. The number of hydrogen-bond acceptors (Lipinski definition) is 5. The van der Waals surface area contributed by atoms with E-state index >= 15 is 0 Å². The van der Waals surface area contributed by atoms with Crippen molar-refractivity contribution in [1.29, 1.82) is 0 Å².